The Bertz CT molecular complexity index is 650. The van der Waals surface area contributed by atoms with Gasteiger partial charge in [0, 0.05) is 38.1 Å². The van der Waals surface area contributed by atoms with E-state index in [9.17, 15) is 9.90 Å². The van der Waals surface area contributed by atoms with E-state index in [1.165, 1.54) is 11.3 Å². The van der Waals surface area contributed by atoms with Crippen molar-refractivity contribution in [3.8, 4) is 0 Å². The Morgan fingerprint density at radius 2 is 2.17 bits per heavy atom. The largest absolute Gasteiger partial charge is 0.467 e. The molecule has 1 amide bonds. The number of aliphatic hydroxyl groups excluding tert-OH is 1. The molecule has 2 N–H and O–H groups in total. The van der Waals surface area contributed by atoms with Gasteiger partial charge in [0.15, 0.2) is 5.13 Å². The van der Waals surface area contributed by atoms with E-state index in [4.69, 9.17) is 4.42 Å². The van der Waals surface area contributed by atoms with Crippen LogP contribution in [0.5, 0.6) is 0 Å². The SMILES string of the molecule is Cc1csc(NC(=O)CN2CCN(C[C@@H](O)c3ccco3)CC2)n1. The summed E-state index contributed by atoms with van der Waals surface area (Å²) in [6.45, 7) is 6.06. The van der Waals surface area contributed by atoms with Crippen molar-refractivity contribution < 1.29 is 14.3 Å². The number of furan rings is 1. The highest BCUT2D eigenvalue weighted by molar-refractivity contribution is 7.13. The minimum absolute atomic E-state index is 0.0339. The number of hydrogen-bond donors (Lipinski definition) is 2. The number of aromatic nitrogens is 1. The van der Waals surface area contributed by atoms with Crippen LogP contribution in [0.3, 0.4) is 0 Å². The van der Waals surface area contributed by atoms with Crippen LogP contribution in [0.25, 0.3) is 0 Å². The third-order valence-electron chi connectivity index (χ3n) is 4.00. The molecule has 1 saturated heterocycles. The van der Waals surface area contributed by atoms with Gasteiger partial charge >= 0.3 is 0 Å². The Morgan fingerprint density at radius 3 is 2.79 bits per heavy atom. The molecule has 1 atom stereocenters. The van der Waals surface area contributed by atoms with E-state index in [2.05, 4.69) is 20.1 Å². The average molecular weight is 350 g/mol. The summed E-state index contributed by atoms with van der Waals surface area (Å²) in [5, 5.41) is 15.5. The molecule has 2 aromatic heterocycles. The number of anilines is 1. The molecule has 24 heavy (non-hydrogen) atoms. The number of nitrogens with one attached hydrogen (secondary N) is 1. The molecule has 1 aliphatic rings. The van der Waals surface area contributed by atoms with Gasteiger partial charge in [0.2, 0.25) is 5.91 Å². The first-order chi connectivity index (χ1) is 11.6. The number of thiazole rings is 1. The van der Waals surface area contributed by atoms with Crippen molar-refractivity contribution >= 4 is 22.4 Å². The van der Waals surface area contributed by atoms with Crippen molar-refractivity contribution in [1.82, 2.24) is 14.8 Å². The molecule has 3 rings (SSSR count). The fraction of sp³-hybridized carbons (Fsp3) is 0.500. The number of carbonyl (C=O) groups is 1. The van der Waals surface area contributed by atoms with E-state index in [1.807, 2.05) is 12.3 Å². The molecule has 0 aromatic carbocycles. The molecule has 0 aliphatic carbocycles. The monoisotopic (exact) mass is 350 g/mol. The second kappa shape index (κ2) is 7.89. The molecule has 0 radical (unpaired) electrons. The fourth-order valence-electron chi connectivity index (χ4n) is 2.72. The Kier molecular flexibility index (Phi) is 5.62. The molecular formula is C16H22N4O3S. The van der Waals surface area contributed by atoms with Gasteiger partial charge in [-0.15, -0.1) is 11.3 Å². The Morgan fingerprint density at radius 1 is 1.42 bits per heavy atom. The van der Waals surface area contributed by atoms with Crippen molar-refractivity contribution in [2.75, 3.05) is 44.6 Å². The van der Waals surface area contributed by atoms with E-state index >= 15 is 0 Å². The van der Waals surface area contributed by atoms with E-state index in [-0.39, 0.29) is 5.91 Å². The molecule has 130 valence electrons. The first kappa shape index (κ1) is 17.1. The first-order valence-electron chi connectivity index (χ1n) is 7.98. The molecule has 0 saturated carbocycles. The summed E-state index contributed by atoms with van der Waals surface area (Å²) in [6, 6.07) is 3.56. The van der Waals surface area contributed by atoms with E-state index in [0.717, 1.165) is 31.9 Å². The van der Waals surface area contributed by atoms with Crippen LogP contribution in [-0.4, -0.2) is 65.1 Å². The number of aryl methyl sites for hydroxylation is 1. The number of piperazine rings is 1. The van der Waals surface area contributed by atoms with Gasteiger partial charge in [0.05, 0.1) is 18.5 Å². The zero-order chi connectivity index (χ0) is 16.9. The predicted molar refractivity (Wildman–Crippen MR) is 92.0 cm³/mol. The van der Waals surface area contributed by atoms with Crippen LogP contribution in [0, 0.1) is 6.92 Å². The van der Waals surface area contributed by atoms with Gasteiger partial charge in [0.1, 0.15) is 11.9 Å². The number of amides is 1. The first-order valence-corrected chi connectivity index (χ1v) is 8.86. The smallest absolute Gasteiger partial charge is 0.240 e. The number of hydrogen-bond acceptors (Lipinski definition) is 7. The van der Waals surface area contributed by atoms with Crippen molar-refractivity contribution in [2.45, 2.75) is 13.0 Å². The maximum Gasteiger partial charge on any atom is 0.240 e. The molecular weight excluding hydrogens is 328 g/mol. The molecule has 0 spiro atoms. The number of nitrogens with zero attached hydrogens (tertiary/aromatic N) is 3. The van der Waals surface area contributed by atoms with Gasteiger partial charge in [-0.25, -0.2) is 4.98 Å². The Balaban J connectivity index is 1.39. The van der Waals surface area contributed by atoms with Crippen LogP contribution in [0.2, 0.25) is 0 Å². The van der Waals surface area contributed by atoms with Crippen LogP contribution < -0.4 is 5.32 Å². The number of aliphatic hydroxyl groups is 1. The molecule has 8 heteroatoms. The number of rotatable bonds is 6. The topological polar surface area (TPSA) is 81.8 Å². The maximum atomic E-state index is 12.1. The van der Waals surface area contributed by atoms with Crippen LogP contribution >= 0.6 is 11.3 Å². The molecule has 1 fully saturated rings. The summed E-state index contributed by atoms with van der Waals surface area (Å²) in [5.74, 6) is 0.559. The number of β-amino-alcohol motifs (C(OH)–C–C–N with tert-alkyl or cyclic N) is 1. The maximum absolute atomic E-state index is 12.1. The van der Waals surface area contributed by atoms with Gasteiger partial charge in [-0.2, -0.15) is 0 Å². The zero-order valence-corrected chi connectivity index (χ0v) is 14.5. The third-order valence-corrected chi connectivity index (χ3v) is 4.88. The lowest BCUT2D eigenvalue weighted by Gasteiger charge is -2.34. The van der Waals surface area contributed by atoms with E-state index < -0.39 is 6.10 Å². The fourth-order valence-corrected chi connectivity index (χ4v) is 3.42. The van der Waals surface area contributed by atoms with Gasteiger partial charge < -0.3 is 14.8 Å². The molecule has 0 unspecified atom stereocenters. The molecule has 3 heterocycles. The molecule has 7 nitrogen and oxygen atoms in total. The summed E-state index contributed by atoms with van der Waals surface area (Å²) < 4.78 is 5.22. The number of carbonyl (C=O) groups excluding carboxylic acids is 1. The lowest BCUT2D eigenvalue weighted by Crippen LogP contribution is -2.49. The normalized spacial score (nSPS) is 17.8. The van der Waals surface area contributed by atoms with Gasteiger partial charge in [-0.1, -0.05) is 0 Å². The van der Waals surface area contributed by atoms with Crippen LogP contribution in [-0.2, 0) is 4.79 Å². The van der Waals surface area contributed by atoms with Crippen molar-refractivity contribution in [3.63, 3.8) is 0 Å². The summed E-state index contributed by atoms with van der Waals surface area (Å²) in [7, 11) is 0. The highest BCUT2D eigenvalue weighted by atomic mass is 32.1. The standard InChI is InChI=1S/C16H22N4O3S/c1-12-11-24-16(17-12)18-15(22)10-20-6-4-19(5-7-20)9-13(21)14-3-2-8-23-14/h2-3,8,11,13,21H,4-7,9-10H2,1H3,(H,17,18,22)/t13-/m1/s1. The minimum Gasteiger partial charge on any atom is -0.467 e. The average Bonchev–Trinajstić information content (AvgIpc) is 3.21. The van der Waals surface area contributed by atoms with Crippen LogP contribution in [0.1, 0.15) is 17.6 Å². The Labute approximate surface area is 144 Å². The van der Waals surface area contributed by atoms with Crippen LogP contribution in [0.15, 0.2) is 28.2 Å². The predicted octanol–water partition coefficient (Wildman–Crippen LogP) is 1.33. The van der Waals surface area contributed by atoms with Crippen molar-refractivity contribution in [1.29, 1.82) is 0 Å². The minimum atomic E-state index is -0.608. The van der Waals surface area contributed by atoms with Gasteiger partial charge in [0.25, 0.3) is 0 Å². The second-order valence-corrected chi connectivity index (χ2v) is 6.81. The summed E-state index contributed by atoms with van der Waals surface area (Å²) >= 11 is 1.44. The molecule has 2 aromatic rings. The zero-order valence-electron chi connectivity index (χ0n) is 13.6. The quantitative estimate of drug-likeness (QED) is 0.818. The summed E-state index contributed by atoms with van der Waals surface area (Å²) in [4.78, 5) is 20.6. The van der Waals surface area contributed by atoms with Crippen molar-refractivity contribution in [3.05, 3.63) is 35.2 Å². The lowest BCUT2D eigenvalue weighted by molar-refractivity contribution is -0.117. The Hall–Kier alpha value is -1.74. The second-order valence-electron chi connectivity index (χ2n) is 5.95. The van der Waals surface area contributed by atoms with E-state index in [1.54, 1.807) is 18.4 Å². The molecule has 1 aliphatic heterocycles. The highest BCUT2D eigenvalue weighted by Gasteiger charge is 2.22. The van der Waals surface area contributed by atoms with Crippen LogP contribution in [0.4, 0.5) is 5.13 Å². The molecule has 0 bridgehead atoms. The summed E-state index contributed by atoms with van der Waals surface area (Å²) in [5.41, 5.74) is 0.916. The third kappa shape index (κ3) is 4.64. The van der Waals surface area contributed by atoms with Gasteiger partial charge in [-0.05, 0) is 19.1 Å². The van der Waals surface area contributed by atoms with Crippen molar-refractivity contribution in [2.24, 2.45) is 0 Å². The van der Waals surface area contributed by atoms with Gasteiger partial charge in [-0.3, -0.25) is 14.6 Å². The van der Waals surface area contributed by atoms with E-state index in [0.29, 0.717) is 24.0 Å². The summed E-state index contributed by atoms with van der Waals surface area (Å²) in [6.07, 6.45) is 0.960. The highest BCUT2D eigenvalue weighted by Crippen LogP contribution is 2.16. The lowest BCUT2D eigenvalue weighted by atomic mass is 10.2.